The van der Waals surface area contributed by atoms with Gasteiger partial charge in [-0.2, -0.15) is 5.10 Å². The fourth-order valence-electron chi connectivity index (χ4n) is 3.84. The Morgan fingerprint density at radius 2 is 2.28 bits per heavy atom. The summed E-state index contributed by atoms with van der Waals surface area (Å²) in [5, 5.41) is 13.6. The van der Waals surface area contributed by atoms with Gasteiger partial charge < -0.3 is 19.7 Å². The molecule has 8 heteroatoms. The number of carbonyl (C=O) groups excluding carboxylic acids is 1. The molecule has 1 amide bonds. The first-order chi connectivity index (χ1) is 14.1. The van der Waals surface area contributed by atoms with Crippen LogP contribution >= 0.6 is 0 Å². The van der Waals surface area contributed by atoms with E-state index in [1.165, 1.54) is 5.56 Å². The maximum Gasteiger partial charge on any atom is 0.248 e. The summed E-state index contributed by atoms with van der Waals surface area (Å²) >= 11 is 0. The van der Waals surface area contributed by atoms with Crippen LogP contribution < -0.4 is 0 Å². The largest absolute Gasteiger partial charge is 0.394 e. The Kier molecular flexibility index (Phi) is 5.92. The Balaban J connectivity index is 1.29. The van der Waals surface area contributed by atoms with Crippen molar-refractivity contribution in [2.75, 3.05) is 26.3 Å². The SMILES string of the molecule is Cc1ccc2nc(COCC(=O)N3CCC[C@H](c4ccn(CCO)n4)C3)[nH]c2c1. The van der Waals surface area contributed by atoms with Crippen molar-refractivity contribution in [3.63, 3.8) is 0 Å². The van der Waals surface area contributed by atoms with Gasteiger partial charge in [-0.3, -0.25) is 9.48 Å². The van der Waals surface area contributed by atoms with Crippen LogP contribution in [0.2, 0.25) is 0 Å². The summed E-state index contributed by atoms with van der Waals surface area (Å²) in [7, 11) is 0. The zero-order valence-corrected chi connectivity index (χ0v) is 16.7. The van der Waals surface area contributed by atoms with Crippen molar-refractivity contribution in [3.8, 4) is 0 Å². The second kappa shape index (κ2) is 8.75. The first kappa shape index (κ1) is 19.6. The molecule has 0 saturated carbocycles. The first-order valence-corrected chi connectivity index (χ1v) is 10.1. The van der Waals surface area contributed by atoms with Crippen molar-refractivity contribution in [2.24, 2.45) is 0 Å². The molecule has 1 aliphatic heterocycles. The van der Waals surface area contributed by atoms with Crippen LogP contribution in [0.4, 0.5) is 0 Å². The second-order valence-electron chi connectivity index (χ2n) is 7.60. The molecule has 4 rings (SSSR count). The van der Waals surface area contributed by atoms with Gasteiger partial charge in [0.25, 0.3) is 0 Å². The summed E-state index contributed by atoms with van der Waals surface area (Å²) in [6.45, 7) is 4.33. The molecule has 1 atom stereocenters. The third-order valence-electron chi connectivity index (χ3n) is 5.33. The highest BCUT2D eigenvalue weighted by Gasteiger charge is 2.26. The number of aromatic nitrogens is 4. The normalized spacial score (nSPS) is 17.2. The number of aliphatic hydroxyl groups excluding tert-OH is 1. The number of hydrogen-bond donors (Lipinski definition) is 2. The van der Waals surface area contributed by atoms with Crippen LogP contribution in [0, 0.1) is 6.92 Å². The topological polar surface area (TPSA) is 96.3 Å². The van der Waals surface area contributed by atoms with Gasteiger partial charge in [0.05, 0.1) is 29.9 Å². The molecule has 0 unspecified atom stereocenters. The molecule has 29 heavy (non-hydrogen) atoms. The number of piperidine rings is 1. The number of nitrogens with zero attached hydrogens (tertiary/aromatic N) is 4. The van der Waals surface area contributed by atoms with Crippen LogP contribution in [-0.2, 0) is 22.7 Å². The van der Waals surface area contributed by atoms with Crippen LogP contribution in [0.15, 0.2) is 30.5 Å². The molecule has 0 spiro atoms. The fraction of sp³-hybridized carbons (Fsp3) is 0.476. The molecule has 8 nitrogen and oxygen atoms in total. The van der Waals surface area contributed by atoms with Gasteiger partial charge in [-0.15, -0.1) is 0 Å². The number of ether oxygens (including phenoxy) is 1. The number of H-pyrrole nitrogens is 1. The van der Waals surface area contributed by atoms with Gasteiger partial charge in [-0.1, -0.05) is 6.07 Å². The van der Waals surface area contributed by atoms with E-state index in [0.717, 1.165) is 41.9 Å². The first-order valence-electron chi connectivity index (χ1n) is 10.1. The summed E-state index contributed by atoms with van der Waals surface area (Å²) in [5.41, 5.74) is 4.04. The Morgan fingerprint density at radius 3 is 3.14 bits per heavy atom. The summed E-state index contributed by atoms with van der Waals surface area (Å²) in [5.74, 6) is 0.951. The van der Waals surface area contributed by atoms with E-state index in [4.69, 9.17) is 9.84 Å². The number of aromatic amines is 1. The third-order valence-corrected chi connectivity index (χ3v) is 5.33. The average Bonchev–Trinajstić information content (AvgIpc) is 3.34. The monoisotopic (exact) mass is 397 g/mol. The molecule has 0 radical (unpaired) electrons. The standard InChI is InChI=1S/C21H27N5O3/c1-15-4-5-18-19(11-15)23-20(22-18)13-29-14-21(28)25-7-2-3-16(12-25)17-6-8-26(24-17)9-10-27/h4-6,8,11,16,27H,2-3,7,9-10,12-14H2,1H3,(H,22,23)/t16-/m0/s1. The fourth-order valence-corrected chi connectivity index (χ4v) is 3.84. The summed E-state index contributed by atoms with van der Waals surface area (Å²) < 4.78 is 7.38. The Bertz CT molecular complexity index is 980. The lowest BCUT2D eigenvalue weighted by molar-refractivity contribution is -0.137. The third kappa shape index (κ3) is 4.65. The molecule has 1 aliphatic rings. The van der Waals surface area contributed by atoms with Gasteiger partial charge in [-0.25, -0.2) is 4.98 Å². The highest BCUT2D eigenvalue weighted by Crippen LogP contribution is 2.25. The Hall–Kier alpha value is -2.71. The number of rotatable bonds is 7. The van der Waals surface area contributed by atoms with Gasteiger partial charge in [0.15, 0.2) is 0 Å². The van der Waals surface area contributed by atoms with Crippen LogP contribution in [0.5, 0.6) is 0 Å². The summed E-state index contributed by atoms with van der Waals surface area (Å²) in [4.78, 5) is 22.2. The number of amides is 1. The van der Waals surface area contributed by atoms with Crippen molar-refractivity contribution in [1.82, 2.24) is 24.6 Å². The van der Waals surface area contributed by atoms with Crippen molar-refractivity contribution < 1.29 is 14.6 Å². The molecular formula is C21H27N5O3. The molecular weight excluding hydrogens is 370 g/mol. The van der Waals surface area contributed by atoms with Crippen molar-refractivity contribution in [2.45, 2.75) is 38.8 Å². The Morgan fingerprint density at radius 1 is 1.38 bits per heavy atom. The molecule has 3 aromatic rings. The maximum atomic E-state index is 12.6. The highest BCUT2D eigenvalue weighted by atomic mass is 16.5. The number of aliphatic hydroxyl groups is 1. The lowest BCUT2D eigenvalue weighted by atomic mass is 9.95. The number of fused-ring (bicyclic) bond motifs is 1. The van der Waals surface area contributed by atoms with E-state index in [-0.39, 0.29) is 31.6 Å². The lowest BCUT2D eigenvalue weighted by Crippen LogP contribution is -2.41. The molecule has 2 N–H and O–H groups in total. The van der Waals surface area contributed by atoms with Crippen LogP contribution in [0.3, 0.4) is 0 Å². The van der Waals surface area contributed by atoms with Crippen LogP contribution in [-0.4, -0.2) is 62.0 Å². The minimum atomic E-state index is -0.00329. The van der Waals surface area contributed by atoms with Crippen LogP contribution in [0.25, 0.3) is 11.0 Å². The second-order valence-corrected chi connectivity index (χ2v) is 7.60. The van der Waals surface area contributed by atoms with Crippen LogP contribution in [0.1, 0.15) is 35.8 Å². The summed E-state index contributed by atoms with van der Waals surface area (Å²) in [6, 6.07) is 8.03. The van der Waals surface area contributed by atoms with Gasteiger partial charge in [-0.05, 0) is 43.5 Å². The zero-order valence-electron chi connectivity index (χ0n) is 16.7. The van der Waals surface area contributed by atoms with E-state index < -0.39 is 0 Å². The minimum Gasteiger partial charge on any atom is -0.394 e. The van der Waals surface area contributed by atoms with Crippen molar-refractivity contribution in [3.05, 3.63) is 47.5 Å². The molecule has 2 aromatic heterocycles. The molecule has 1 saturated heterocycles. The number of hydrogen-bond acceptors (Lipinski definition) is 5. The number of nitrogens with one attached hydrogen (secondary N) is 1. The predicted molar refractivity (Wildman–Crippen MR) is 108 cm³/mol. The van der Waals surface area contributed by atoms with E-state index in [1.807, 2.05) is 42.3 Å². The van der Waals surface area contributed by atoms with Gasteiger partial charge in [0.2, 0.25) is 5.91 Å². The molecule has 154 valence electrons. The number of benzene rings is 1. The van der Waals surface area contributed by atoms with E-state index in [0.29, 0.717) is 13.1 Å². The molecule has 1 fully saturated rings. The predicted octanol–water partition coefficient (Wildman–Crippen LogP) is 1.98. The number of aryl methyl sites for hydroxylation is 1. The molecule has 0 bridgehead atoms. The average molecular weight is 397 g/mol. The van der Waals surface area contributed by atoms with Crippen molar-refractivity contribution >= 4 is 16.9 Å². The minimum absolute atomic E-state index is 0.00329. The van der Waals surface area contributed by atoms with E-state index >= 15 is 0 Å². The van der Waals surface area contributed by atoms with E-state index in [1.54, 1.807) is 4.68 Å². The Labute approximate surface area is 169 Å². The highest BCUT2D eigenvalue weighted by molar-refractivity contribution is 5.78. The molecule has 0 aliphatic carbocycles. The number of likely N-dealkylation sites (tertiary alicyclic amines) is 1. The van der Waals surface area contributed by atoms with E-state index in [2.05, 4.69) is 15.1 Å². The molecule has 1 aromatic carbocycles. The van der Waals surface area contributed by atoms with Gasteiger partial charge >= 0.3 is 0 Å². The van der Waals surface area contributed by atoms with Gasteiger partial charge in [0, 0.05) is 25.2 Å². The van der Waals surface area contributed by atoms with Gasteiger partial charge in [0.1, 0.15) is 19.0 Å². The van der Waals surface area contributed by atoms with E-state index in [9.17, 15) is 4.79 Å². The molecule has 3 heterocycles. The van der Waals surface area contributed by atoms with Crippen molar-refractivity contribution in [1.29, 1.82) is 0 Å². The maximum absolute atomic E-state index is 12.6. The quantitative estimate of drug-likeness (QED) is 0.636. The number of carbonyl (C=O) groups is 1. The number of imidazole rings is 1. The summed E-state index contributed by atoms with van der Waals surface area (Å²) in [6.07, 6.45) is 3.84. The smallest absolute Gasteiger partial charge is 0.248 e. The lowest BCUT2D eigenvalue weighted by Gasteiger charge is -2.32. The zero-order chi connectivity index (χ0) is 20.2.